The van der Waals surface area contributed by atoms with E-state index in [4.69, 9.17) is 10.5 Å². The van der Waals surface area contributed by atoms with Gasteiger partial charge in [0.25, 0.3) is 0 Å². The van der Waals surface area contributed by atoms with Crippen LogP contribution in [0.15, 0.2) is 41.3 Å². The molecule has 3 N–H and O–H groups in total. The first kappa shape index (κ1) is 15.4. The topological polar surface area (TPSA) is 98.8 Å². The molecular weight excluding hydrogens is 318 g/mol. The van der Waals surface area contributed by atoms with Gasteiger partial charge in [-0.05, 0) is 37.5 Å². The summed E-state index contributed by atoms with van der Waals surface area (Å²) in [5, 5.41) is 0. The number of hydrogen-bond acceptors (Lipinski definition) is 5. The molecule has 4 heterocycles. The first-order valence-electron chi connectivity index (χ1n) is 8.32. The Hall–Kier alpha value is -3.09. The minimum absolute atomic E-state index is 0.232. The molecule has 0 spiro atoms. The molecule has 0 radical (unpaired) electrons. The number of nitrogens with one attached hydrogen (secondary N) is 1. The number of pyridine rings is 2. The highest BCUT2D eigenvalue weighted by Crippen LogP contribution is 2.22. The van der Waals surface area contributed by atoms with Crippen molar-refractivity contribution in [1.29, 1.82) is 0 Å². The normalized spacial score (nSPS) is 16.2. The molecule has 0 saturated heterocycles. The molecule has 7 heteroatoms. The SMILES string of the molecule is Nc1nc2cc3c1[nH]c(=O)n3Cc1ncccc1OC/C=C/CCC2. The highest BCUT2D eigenvalue weighted by Gasteiger charge is 2.15. The number of allylic oxidation sites excluding steroid dienone is 1. The summed E-state index contributed by atoms with van der Waals surface area (Å²) < 4.78 is 7.44. The predicted molar refractivity (Wildman–Crippen MR) is 95.7 cm³/mol. The van der Waals surface area contributed by atoms with Crippen molar-refractivity contribution in [3.05, 3.63) is 58.4 Å². The number of aromatic amines is 1. The van der Waals surface area contributed by atoms with Gasteiger partial charge < -0.3 is 15.5 Å². The molecule has 1 aliphatic rings. The van der Waals surface area contributed by atoms with Gasteiger partial charge in [-0.25, -0.2) is 9.78 Å². The van der Waals surface area contributed by atoms with E-state index in [1.54, 1.807) is 10.8 Å². The number of nitrogens with zero attached hydrogens (tertiary/aromatic N) is 3. The second-order valence-corrected chi connectivity index (χ2v) is 6.03. The maximum atomic E-state index is 12.4. The molecular formula is C18H19N5O2. The number of aromatic nitrogens is 4. The summed E-state index contributed by atoms with van der Waals surface area (Å²) in [5.74, 6) is 1.02. The van der Waals surface area contributed by atoms with Crippen LogP contribution in [-0.4, -0.2) is 26.1 Å². The molecule has 128 valence electrons. The van der Waals surface area contributed by atoms with E-state index in [9.17, 15) is 4.79 Å². The van der Waals surface area contributed by atoms with Gasteiger partial charge in [0.05, 0.1) is 12.1 Å². The number of H-pyrrole nitrogens is 1. The van der Waals surface area contributed by atoms with E-state index in [2.05, 4.69) is 21.0 Å². The highest BCUT2D eigenvalue weighted by molar-refractivity contribution is 5.85. The van der Waals surface area contributed by atoms with Gasteiger partial charge in [0.1, 0.15) is 29.4 Å². The lowest BCUT2D eigenvalue weighted by Gasteiger charge is -2.11. The molecule has 0 amide bonds. The van der Waals surface area contributed by atoms with Gasteiger partial charge in [-0.15, -0.1) is 0 Å². The summed E-state index contributed by atoms with van der Waals surface area (Å²) in [4.78, 5) is 24.1. The molecule has 3 aromatic rings. The van der Waals surface area contributed by atoms with E-state index in [1.165, 1.54) is 0 Å². The van der Waals surface area contributed by atoms with Crippen molar-refractivity contribution in [3.63, 3.8) is 0 Å². The number of fused-ring (bicyclic) bond motifs is 2. The maximum Gasteiger partial charge on any atom is 0.326 e. The first-order valence-corrected chi connectivity index (χ1v) is 8.32. The quantitative estimate of drug-likeness (QED) is 0.612. The first-order chi connectivity index (χ1) is 12.2. The largest absolute Gasteiger partial charge is 0.488 e. The van der Waals surface area contributed by atoms with Crippen LogP contribution in [0.1, 0.15) is 24.2 Å². The zero-order valence-electron chi connectivity index (χ0n) is 13.7. The monoisotopic (exact) mass is 337 g/mol. The molecule has 7 nitrogen and oxygen atoms in total. The molecule has 3 aromatic heterocycles. The second-order valence-electron chi connectivity index (χ2n) is 6.03. The number of ether oxygens (including phenoxy) is 1. The Morgan fingerprint density at radius 3 is 3.16 bits per heavy atom. The van der Waals surface area contributed by atoms with Gasteiger partial charge in [0.15, 0.2) is 0 Å². The number of anilines is 1. The van der Waals surface area contributed by atoms with Crippen molar-refractivity contribution >= 4 is 16.9 Å². The standard InChI is InChI=1S/C18H19N5O2/c19-17-16-14-10-12(21-17)6-3-1-2-4-9-25-15-7-5-8-20-13(15)11-23(14)18(24)22-16/h2,4-5,7-8,10H,1,3,6,9,11H2,(H2,19,21)(H,22,24)/b4-2+. The fraction of sp³-hybridized carbons (Fsp3) is 0.278. The Morgan fingerprint density at radius 2 is 2.24 bits per heavy atom. The lowest BCUT2D eigenvalue weighted by molar-refractivity contribution is 0.355. The van der Waals surface area contributed by atoms with Crippen molar-refractivity contribution in [2.24, 2.45) is 0 Å². The minimum Gasteiger partial charge on any atom is -0.488 e. The Balaban J connectivity index is 1.88. The van der Waals surface area contributed by atoms with Gasteiger partial charge in [-0.3, -0.25) is 9.55 Å². The van der Waals surface area contributed by atoms with Gasteiger partial charge >= 0.3 is 5.69 Å². The molecule has 4 rings (SSSR count). The number of nitrogens with two attached hydrogens (primary N) is 1. The highest BCUT2D eigenvalue weighted by atomic mass is 16.5. The van der Waals surface area contributed by atoms with E-state index >= 15 is 0 Å². The van der Waals surface area contributed by atoms with Crippen molar-refractivity contribution < 1.29 is 4.74 Å². The smallest absolute Gasteiger partial charge is 0.326 e. The molecule has 0 aromatic carbocycles. The molecule has 0 aliphatic carbocycles. The predicted octanol–water partition coefficient (Wildman–Crippen LogP) is 2.02. The van der Waals surface area contributed by atoms with E-state index in [1.807, 2.05) is 24.3 Å². The number of aryl methyl sites for hydroxylation is 1. The third kappa shape index (κ3) is 3.00. The van der Waals surface area contributed by atoms with Crippen LogP contribution in [0.2, 0.25) is 0 Å². The molecule has 25 heavy (non-hydrogen) atoms. The molecule has 0 unspecified atom stereocenters. The fourth-order valence-corrected chi connectivity index (χ4v) is 3.06. The van der Waals surface area contributed by atoms with Crippen molar-refractivity contribution in [3.8, 4) is 5.75 Å². The summed E-state index contributed by atoms with van der Waals surface area (Å²) in [7, 11) is 0. The number of imidazole rings is 1. The average Bonchev–Trinajstić information content (AvgIpc) is 2.92. The summed E-state index contributed by atoms with van der Waals surface area (Å²) in [6.07, 6.45) is 8.50. The van der Waals surface area contributed by atoms with Crippen LogP contribution in [-0.2, 0) is 13.0 Å². The van der Waals surface area contributed by atoms with Gasteiger partial charge in [0, 0.05) is 11.9 Å². The van der Waals surface area contributed by atoms with Crippen molar-refractivity contribution in [2.45, 2.75) is 25.8 Å². The zero-order valence-corrected chi connectivity index (χ0v) is 13.7. The third-order valence-electron chi connectivity index (χ3n) is 4.31. The molecule has 2 bridgehead atoms. The van der Waals surface area contributed by atoms with Crippen LogP contribution in [0.5, 0.6) is 5.75 Å². The van der Waals surface area contributed by atoms with E-state index in [-0.39, 0.29) is 5.69 Å². The zero-order chi connectivity index (χ0) is 17.2. The molecule has 0 atom stereocenters. The summed E-state index contributed by atoms with van der Waals surface area (Å²) in [6, 6.07) is 5.62. The molecule has 0 fully saturated rings. The van der Waals surface area contributed by atoms with E-state index in [0.717, 1.165) is 30.5 Å². The number of nitrogen functional groups attached to an aromatic ring is 1. The Kier molecular flexibility index (Phi) is 3.97. The van der Waals surface area contributed by atoms with E-state index < -0.39 is 0 Å². The van der Waals surface area contributed by atoms with Crippen LogP contribution < -0.4 is 16.2 Å². The van der Waals surface area contributed by atoms with Crippen LogP contribution in [0.25, 0.3) is 11.0 Å². The molecule has 0 saturated carbocycles. The van der Waals surface area contributed by atoms with Crippen molar-refractivity contribution in [1.82, 2.24) is 19.5 Å². The number of hydrogen-bond donors (Lipinski definition) is 2. The lowest BCUT2D eigenvalue weighted by Crippen LogP contribution is -2.18. The average molecular weight is 337 g/mol. The van der Waals surface area contributed by atoms with Crippen molar-refractivity contribution in [2.75, 3.05) is 12.3 Å². The van der Waals surface area contributed by atoms with Crippen LogP contribution in [0.4, 0.5) is 5.82 Å². The summed E-state index contributed by atoms with van der Waals surface area (Å²) in [5.41, 5.74) is 8.73. The fourth-order valence-electron chi connectivity index (χ4n) is 3.06. The number of rotatable bonds is 0. The van der Waals surface area contributed by atoms with Gasteiger partial charge in [0.2, 0.25) is 0 Å². The Labute approximate surface area is 144 Å². The Morgan fingerprint density at radius 1 is 1.32 bits per heavy atom. The summed E-state index contributed by atoms with van der Waals surface area (Å²) >= 11 is 0. The second kappa shape index (κ2) is 6.43. The maximum absolute atomic E-state index is 12.4. The Bertz CT molecular complexity index is 1000. The van der Waals surface area contributed by atoms with Crippen LogP contribution in [0.3, 0.4) is 0 Å². The van der Waals surface area contributed by atoms with Gasteiger partial charge in [-0.1, -0.05) is 12.2 Å². The molecule has 1 aliphatic heterocycles. The van der Waals surface area contributed by atoms with E-state index in [0.29, 0.717) is 35.9 Å². The van der Waals surface area contributed by atoms with Crippen LogP contribution >= 0.6 is 0 Å². The van der Waals surface area contributed by atoms with Crippen LogP contribution in [0, 0.1) is 0 Å². The summed E-state index contributed by atoms with van der Waals surface area (Å²) in [6.45, 7) is 0.786. The van der Waals surface area contributed by atoms with Gasteiger partial charge in [-0.2, -0.15) is 0 Å². The third-order valence-corrected chi connectivity index (χ3v) is 4.31. The minimum atomic E-state index is -0.232. The lowest BCUT2D eigenvalue weighted by atomic mass is 10.1.